The average molecular weight is 445 g/mol. The Kier molecular flexibility index (Phi) is 6.41. The molecule has 1 fully saturated rings. The summed E-state index contributed by atoms with van der Waals surface area (Å²) >= 11 is 0. The number of H-pyrrole nitrogens is 1. The molecule has 0 unspecified atom stereocenters. The number of nitrogens with one attached hydrogen (secondary N) is 2. The topological polar surface area (TPSA) is 53.2 Å². The van der Waals surface area contributed by atoms with E-state index >= 15 is 0 Å². The highest BCUT2D eigenvalue weighted by Gasteiger charge is 2.30. The highest BCUT2D eigenvalue weighted by Crippen LogP contribution is 2.31. The predicted molar refractivity (Wildman–Crippen MR) is 119 cm³/mol. The van der Waals surface area contributed by atoms with Crippen molar-refractivity contribution in [2.75, 3.05) is 25.5 Å². The zero-order valence-corrected chi connectivity index (χ0v) is 18.2. The van der Waals surface area contributed by atoms with Gasteiger partial charge in [0.2, 0.25) is 0 Å². The molecule has 2 heterocycles. The van der Waals surface area contributed by atoms with Gasteiger partial charge in [-0.2, -0.15) is 13.2 Å². The molecule has 2 aromatic carbocycles. The number of hydrogen-bond acceptors (Lipinski definition) is 4. The van der Waals surface area contributed by atoms with Crippen molar-refractivity contribution in [3.8, 4) is 17.1 Å². The van der Waals surface area contributed by atoms with Crippen molar-refractivity contribution in [2.24, 2.45) is 0 Å². The number of aromatic nitrogens is 2. The molecule has 8 heteroatoms. The molecule has 0 aliphatic carbocycles. The fourth-order valence-electron chi connectivity index (χ4n) is 3.97. The van der Waals surface area contributed by atoms with Crippen LogP contribution in [0.5, 0.6) is 5.75 Å². The summed E-state index contributed by atoms with van der Waals surface area (Å²) in [5, 5.41) is 3.58. The highest BCUT2D eigenvalue weighted by atomic mass is 19.4. The molecule has 0 bridgehead atoms. The lowest BCUT2D eigenvalue weighted by atomic mass is 10.0. The molecule has 32 heavy (non-hydrogen) atoms. The first-order valence-electron chi connectivity index (χ1n) is 10.7. The van der Waals surface area contributed by atoms with E-state index in [1.807, 2.05) is 31.2 Å². The summed E-state index contributed by atoms with van der Waals surface area (Å²) in [5.41, 5.74) is 2.96. The Hall–Kier alpha value is -3.00. The zero-order chi connectivity index (χ0) is 22.7. The third-order valence-corrected chi connectivity index (χ3v) is 5.89. The molecular formula is C24H27F3N4O. The van der Waals surface area contributed by atoms with Gasteiger partial charge in [-0.15, -0.1) is 0 Å². The van der Waals surface area contributed by atoms with Crippen molar-refractivity contribution >= 4 is 5.69 Å². The molecule has 4 rings (SSSR count). The van der Waals surface area contributed by atoms with Gasteiger partial charge in [-0.25, -0.2) is 4.98 Å². The standard InChI is InChI=1S/C24H27F3N4O/c1-16-22(30-23(28-16)17-3-5-18(6-4-17)24(25,26)27)15-31-13-11-20(12-14-31)29-19-7-9-21(32-2)10-8-19/h3-10,20,29H,11-15H2,1-2H3,(H,28,30). The van der Waals surface area contributed by atoms with E-state index in [0.717, 1.165) is 67.4 Å². The largest absolute Gasteiger partial charge is 0.497 e. The van der Waals surface area contributed by atoms with Crippen molar-refractivity contribution < 1.29 is 17.9 Å². The van der Waals surface area contributed by atoms with Gasteiger partial charge in [0.1, 0.15) is 11.6 Å². The quantitative estimate of drug-likeness (QED) is 0.528. The molecule has 170 valence electrons. The first-order valence-corrected chi connectivity index (χ1v) is 10.7. The first kappa shape index (κ1) is 22.2. The lowest BCUT2D eigenvalue weighted by molar-refractivity contribution is -0.137. The molecular weight excluding hydrogens is 417 g/mol. The lowest BCUT2D eigenvalue weighted by Gasteiger charge is -2.32. The van der Waals surface area contributed by atoms with E-state index < -0.39 is 11.7 Å². The number of rotatable bonds is 6. The van der Waals surface area contributed by atoms with Gasteiger partial charge in [-0.1, -0.05) is 12.1 Å². The Morgan fingerprint density at radius 1 is 1.06 bits per heavy atom. The van der Waals surface area contributed by atoms with Gasteiger partial charge in [-0.3, -0.25) is 4.90 Å². The Bertz CT molecular complexity index is 1020. The third-order valence-electron chi connectivity index (χ3n) is 5.89. The number of alkyl halides is 3. The van der Waals surface area contributed by atoms with Crippen LogP contribution in [0.15, 0.2) is 48.5 Å². The predicted octanol–water partition coefficient (Wildman–Crippen LogP) is 5.49. The second-order valence-corrected chi connectivity index (χ2v) is 8.16. The van der Waals surface area contributed by atoms with Crippen molar-refractivity contribution in [1.82, 2.24) is 14.9 Å². The van der Waals surface area contributed by atoms with Crippen LogP contribution in [0.25, 0.3) is 11.4 Å². The number of halogens is 3. The molecule has 1 aliphatic rings. The van der Waals surface area contributed by atoms with Crippen LogP contribution in [0.4, 0.5) is 18.9 Å². The molecule has 1 saturated heterocycles. The Morgan fingerprint density at radius 3 is 2.31 bits per heavy atom. The molecule has 3 aromatic rings. The minimum Gasteiger partial charge on any atom is -0.497 e. The van der Waals surface area contributed by atoms with Gasteiger partial charge < -0.3 is 15.0 Å². The molecule has 1 aromatic heterocycles. The second kappa shape index (κ2) is 9.24. The van der Waals surface area contributed by atoms with Crippen LogP contribution in [0.1, 0.15) is 29.8 Å². The van der Waals surface area contributed by atoms with E-state index in [0.29, 0.717) is 17.4 Å². The molecule has 0 radical (unpaired) electrons. The molecule has 5 nitrogen and oxygen atoms in total. The SMILES string of the molecule is COc1ccc(NC2CCN(Cc3nc(-c4ccc(C(F)(F)F)cc4)[nH]c3C)CC2)cc1. The normalized spacial score (nSPS) is 15.7. The number of methoxy groups -OCH3 is 1. The van der Waals surface area contributed by atoms with E-state index in [-0.39, 0.29) is 0 Å². The zero-order valence-electron chi connectivity index (χ0n) is 18.2. The number of hydrogen-bond donors (Lipinski definition) is 2. The van der Waals surface area contributed by atoms with Crippen LogP contribution in [0.3, 0.4) is 0 Å². The van der Waals surface area contributed by atoms with Gasteiger partial charge in [0.15, 0.2) is 0 Å². The number of nitrogens with zero attached hydrogens (tertiary/aromatic N) is 2. The number of likely N-dealkylation sites (tertiary alicyclic amines) is 1. The highest BCUT2D eigenvalue weighted by molar-refractivity contribution is 5.56. The molecule has 0 amide bonds. The molecule has 2 N–H and O–H groups in total. The van der Waals surface area contributed by atoms with Gasteiger partial charge in [0.25, 0.3) is 0 Å². The molecule has 1 aliphatic heterocycles. The van der Waals surface area contributed by atoms with Gasteiger partial charge >= 0.3 is 6.18 Å². The summed E-state index contributed by atoms with van der Waals surface area (Å²) in [5.74, 6) is 1.44. The lowest BCUT2D eigenvalue weighted by Crippen LogP contribution is -2.38. The van der Waals surface area contributed by atoms with Crippen molar-refractivity contribution in [3.63, 3.8) is 0 Å². The number of piperidine rings is 1. The molecule has 0 saturated carbocycles. The summed E-state index contributed by atoms with van der Waals surface area (Å²) in [7, 11) is 1.66. The number of ether oxygens (including phenoxy) is 1. The first-order chi connectivity index (χ1) is 15.3. The molecule has 0 spiro atoms. The van der Waals surface area contributed by atoms with E-state index in [1.165, 1.54) is 12.1 Å². The van der Waals surface area contributed by atoms with Gasteiger partial charge in [-0.05, 0) is 56.2 Å². The summed E-state index contributed by atoms with van der Waals surface area (Å²) < 4.78 is 43.6. The van der Waals surface area contributed by atoms with Crippen LogP contribution in [-0.2, 0) is 12.7 Å². The second-order valence-electron chi connectivity index (χ2n) is 8.16. The van der Waals surface area contributed by atoms with Crippen LogP contribution in [0, 0.1) is 6.92 Å². The fourth-order valence-corrected chi connectivity index (χ4v) is 3.97. The van der Waals surface area contributed by atoms with Crippen LogP contribution in [-0.4, -0.2) is 41.1 Å². The summed E-state index contributed by atoms with van der Waals surface area (Å²) in [6.07, 6.45) is -2.28. The van der Waals surface area contributed by atoms with E-state index in [9.17, 15) is 13.2 Å². The van der Waals surface area contributed by atoms with Crippen molar-refractivity contribution in [2.45, 2.75) is 38.5 Å². The van der Waals surface area contributed by atoms with Crippen LogP contribution < -0.4 is 10.1 Å². The summed E-state index contributed by atoms with van der Waals surface area (Å²) in [6.45, 7) is 4.58. The maximum atomic E-state index is 12.8. The summed E-state index contributed by atoms with van der Waals surface area (Å²) in [6, 6.07) is 13.5. The van der Waals surface area contributed by atoms with Crippen molar-refractivity contribution in [3.05, 3.63) is 65.5 Å². The van der Waals surface area contributed by atoms with E-state index in [2.05, 4.69) is 20.2 Å². The number of anilines is 1. The Morgan fingerprint density at radius 2 is 1.72 bits per heavy atom. The number of imidazole rings is 1. The fraction of sp³-hybridized carbons (Fsp3) is 0.375. The monoisotopic (exact) mass is 444 g/mol. The minimum absolute atomic E-state index is 0.419. The van der Waals surface area contributed by atoms with Gasteiger partial charge in [0, 0.05) is 42.6 Å². The Labute approximate surface area is 185 Å². The smallest absolute Gasteiger partial charge is 0.416 e. The summed E-state index contributed by atoms with van der Waals surface area (Å²) in [4.78, 5) is 10.2. The maximum absolute atomic E-state index is 12.8. The third kappa shape index (κ3) is 5.24. The van der Waals surface area contributed by atoms with Crippen LogP contribution in [0.2, 0.25) is 0 Å². The average Bonchev–Trinajstić information content (AvgIpc) is 3.15. The number of aryl methyl sites for hydroxylation is 1. The number of benzene rings is 2. The Balaban J connectivity index is 1.33. The molecule has 0 atom stereocenters. The minimum atomic E-state index is -4.34. The maximum Gasteiger partial charge on any atom is 0.416 e. The van der Waals surface area contributed by atoms with Gasteiger partial charge in [0.05, 0.1) is 18.4 Å². The van der Waals surface area contributed by atoms with Crippen molar-refractivity contribution in [1.29, 1.82) is 0 Å². The van der Waals surface area contributed by atoms with E-state index in [1.54, 1.807) is 7.11 Å². The van der Waals surface area contributed by atoms with E-state index in [4.69, 9.17) is 4.74 Å². The number of aromatic amines is 1. The van der Waals surface area contributed by atoms with Crippen LogP contribution >= 0.6 is 0 Å².